The van der Waals surface area contributed by atoms with Gasteiger partial charge in [-0.25, -0.2) is 4.79 Å². The van der Waals surface area contributed by atoms with E-state index in [-0.39, 0.29) is 6.03 Å². The number of nitrogens with one attached hydrogen (secondary N) is 3. The molecule has 7 heteroatoms. The molecule has 29 heavy (non-hydrogen) atoms. The number of anilines is 3. The smallest absolute Gasteiger partial charge is 0.319 e. The summed E-state index contributed by atoms with van der Waals surface area (Å²) >= 11 is 16.2. The fourth-order valence-electron chi connectivity index (χ4n) is 2.91. The van der Waals surface area contributed by atoms with Gasteiger partial charge in [-0.05, 0) is 67.4 Å². The Hall–Kier alpha value is -2.21. The number of carbonyl (C=O) groups excluding carboxylic acids is 1. The van der Waals surface area contributed by atoms with Crippen LogP contribution in [0.25, 0.3) is 11.1 Å². The van der Waals surface area contributed by atoms with Gasteiger partial charge in [-0.3, -0.25) is 0 Å². The summed E-state index contributed by atoms with van der Waals surface area (Å²) in [5.41, 5.74) is 5.21. The van der Waals surface area contributed by atoms with Crippen molar-refractivity contribution in [2.75, 3.05) is 17.2 Å². The summed E-state index contributed by atoms with van der Waals surface area (Å²) in [4.78, 5) is 11.9. The molecule has 150 valence electrons. The first-order valence-electron chi connectivity index (χ1n) is 9.05. The molecule has 0 unspecified atom stereocenters. The van der Waals surface area contributed by atoms with Gasteiger partial charge in [0, 0.05) is 27.3 Å². The number of urea groups is 1. The SMILES string of the molecule is CCNC(=O)Nc1cc(Br)ccc1Nc1ccc(-c2cc(Cl)ccc2C)c(Cl)c1. The number of amides is 2. The van der Waals surface area contributed by atoms with Crippen molar-refractivity contribution in [1.29, 1.82) is 0 Å². The van der Waals surface area contributed by atoms with Crippen molar-refractivity contribution in [3.8, 4) is 11.1 Å². The molecule has 4 nitrogen and oxygen atoms in total. The van der Waals surface area contributed by atoms with E-state index in [4.69, 9.17) is 23.2 Å². The fourth-order valence-corrected chi connectivity index (χ4v) is 3.72. The standard InChI is InChI=1S/C22H20BrCl2N3O/c1-3-26-22(29)28-21-10-14(23)5-9-20(21)27-16-7-8-17(19(25)12-16)18-11-15(24)6-4-13(18)2/h4-12,27H,3H2,1-2H3,(H2,26,28,29). The van der Waals surface area contributed by atoms with Crippen LogP contribution in [-0.2, 0) is 0 Å². The predicted molar refractivity (Wildman–Crippen MR) is 127 cm³/mol. The van der Waals surface area contributed by atoms with Crippen LogP contribution < -0.4 is 16.0 Å². The van der Waals surface area contributed by atoms with E-state index >= 15 is 0 Å². The highest BCUT2D eigenvalue weighted by Crippen LogP contribution is 2.36. The van der Waals surface area contributed by atoms with Crippen LogP contribution in [-0.4, -0.2) is 12.6 Å². The predicted octanol–water partition coefficient (Wildman–Crippen LogP) is 7.62. The Bertz CT molecular complexity index is 1060. The monoisotopic (exact) mass is 491 g/mol. The second kappa shape index (κ2) is 9.53. The molecule has 0 fully saturated rings. The largest absolute Gasteiger partial charge is 0.354 e. The molecule has 2 amide bonds. The van der Waals surface area contributed by atoms with Crippen molar-refractivity contribution in [2.45, 2.75) is 13.8 Å². The lowest BCUT2D eigenvalue weighted by atomic mass is 10.0. The quantitative estimate of drug-likeness (QED) is 0.343. The van der Waals surface area contributed by atoms with Gasteiger partial charge in [0.25, 0.3) is 0 Å². The van der Waals surface area contributed by atoms with E-state index in [2.05, 4.69) is 31.9 Å². The van der Waals surface area contributed by atoms with Crippen molar-refractivity contribution < 1.29 is 4.79 Å². The topological polar surface area (TPSA) is 53.2 Å². The molecule has 0 heterocycles. The summed E-state index contributed by atoms with van der Waals surface area (Å²) in [6.45, 7) is 4.43. The molecular formula is C22H20BrCl2N3O. The fraction of sp³-hybridized carbons (Fsp3) is 0.136. The average molecular weight is 493 g/mol. The van der Waals surface area contributed by atoms with Gasteiger partial charge in [-0.2, -0.15) is 0 Å². The van der Waals surface area contributed by atoms with Crippen LogP contribution in [0, 0.1) is 6.92 Å². The molecule has 0 radical (unpaired) electrons. The Balaban J connectivity index is 1.89. The first-order chi connectivity index (χ1) is 13.9. The Morgan fingerprint density at radius 1 is 0.966 bits per heavy atom. The van der Waals surface area contributed by atoms with Crippen LogP contribution in [0.4, 0.5) is 21.9 Å². The molecule has 0 aliphatic rings. The summed E-state index contributed by atoms with van der Waals surface area (Å²) < 4.78 is 0.861. The number of benzene rings is 3. The molecule has 0 aromatic heterocycles. The minimum atomic E-state index is -0.265. The molecule has 0 saturated carbocycles. The maximum absolute atomic E-state index is 11.9. The second-order valence-corrected chi connectivity index (χ2v) is 8.21. The van der Waals surface area contributed by atoms with Crippen molar-refractivity contribution in [3.05, 3.63) is 74.7 Å². The van der Waals surface area contributed by atoms with Gasteiger partial charge < -0.3 is 16.0 Å². The van der Waals surface area contributed by atoms with Crippen LogP contribution in [0.2, 0.25) is 10.0 Å². The van der Waals surface area contributed by atoms with Crippen LogP contribution in [0.15, 0.2) is 59.1 Å². The van der Waals surface area contributed by atoms with Crippen molar-refractivity contribution in [2.24, 2.45) is 0 Å². The van der Waals surface area contributed by atoms with E-state index in [1.807, 2.05) is 68.4 Å². The Morgan fingerprint density at radius 3 is 2.48 bits per heavy atom. The molecule has 0 atom stereocenters. The van der Waals surface area contributed by atoms with Crippen LogP contribution in [0.3, 0.4) is 0 Å². The van der Waals surface area contributed by atoms with Crippen molar-refractivity contribution in [1.82, 2.24) is 5.32 Å². The first-order valence-corrected chi connectivity index (χ1v) is 10.6. The van der Waals surface area contributed by atoms with E-state index < -0.39 is 0 Å². The highest BCUT2D eigenvalue weighted by Gasteiger charge is 2.11. The van der Waals surface area contributed by atoms with Crippen molar-refractivity contribution in [3.63, 3.8) is 0 Å². The summed E-state index contributed by atoms with van der Waals surface area (Å²) in [6, 6.07) is 16.9. The summed E-state index contributed by atoms with van der Waals surface area (Å²) in [7, 11) is 0. The minimum absolute atomic E-state index is 0.265. The van der Waals surface area contributed by atoms with E-state index in [0.717, 1.165) is 32.5 Å². The summed E-state index contributed by atoms with van der Waals surface area (Å²) in [5, 5.41) is 10.2. The number of carbonyl (C=O) groups is 1. The second-order valence-electron chi connectivity index (χ2n) is 6.45. The highest BCUT2D eigenvalue weighted by atomic mass is 79.9. The van der Waals surface area contributed by atoms with Crippen LogP contribution in [0.5, 0.6) is 0 Å². The maximum Gasteiger partial charge on any atom is 0.319 e. The third kappa shape index (κ3) is 5.44. The summed E-state index contributed by atoms with van der Waals surface area (Å²) in [5.74, 6) is 0. The normalized spacial score (nSPS) is 10.5. The molecule has 0 saturated heterocycles. The Kier molecular flexibility index (Phi) is 7.06. The van der Waals surface area contributed by atoms with Gasteiger partial charge in [0.2, 0.25) is 0 Å². The van der Waals surface area contributed by atoms with Crippen molar-refractivity contribution >= 4 is 62.2 Å². The molecule has 3 aromatic rings. The lowest BCUT2D eigenvalue weighted by Crippen LogP contribution is -2.28. The Morgan fingerprint density at radius 2 is 1.76 bits per heavy atom. The van der Waals surface area contributed by atoms with Gasteiger partial charge in [0.1, 0.15) is 0 Å². The number of hydrogen-bond acceptors (Lipinski definition) is 2. The van der Waals surface area contributed by atoms with E-state index in [1.165, 1.54) is 0 Å². The molecule has 0 spiro atoms. The average Bonchev–Trinajstić information content (AvgIpc) is 2.66. The molecular weight excluding hydrogens is 473 g/mol. The minimum Gasteiger partial charge on any atom is -0.354 e. The lowest BCUT2D eigenvalue weighted by Gasteiger charge is -2.15. The lowest BCUT2D eigenvalue weighted by molar-refractivity contribution is 0.252. The third-order valence-corrected chi connectivity index (χ3v) is 5.35. The van der Waals surface area contributed by atoms with Gasteiger partial charge in [-0.1, -0.05) is 51.3 Å². The van der Waals surface area contributed by atoms with E-state index in [9.17, 15) is 4.79 Å². The zero-order valence-electron chi connectivity index (χ0n) is 15.9. The third-order valence-electron chi connectivity index (χ3n) is 4.31. The number of halogens is 3. The van der Waals surface area contributed by atoms with Gasteiger partial charge in [0.05, 0.1) is 16.4 Å². The van der Waals surface area contributed by atoms with Crippen LogP contribution >= 0.6 is 39.1 Å². The Labute approximate surface area is 188 Å². The zero-order valence-corrected chi connectivity index (χ0v) is 19.0. The van der Waals surface area contributed by atoms with Gasteiger partial charge in [0.15, 0.2) is 0 Å². The molecule has 3 aromatic carbocycles. The highest BCUT2D eigenvalue weighted by molar-refractivity contribution is 9.10. The van der Waals surface area contributed by atoms with Gasteiger partial charge in [-0.15, -0.1) is 0 Å². The zero-order chi connectivity index (χ0) is 21.0. The molecule has 0 aliphatic carbocycles. The van der Waals surface area contributed by atoms with Gasteiger partial charge >= 0.3 is 6.03 Å². The van der Waals surface area contributed by atoms with Crippen LogP contribution in [0.1, 0.15) is 12.5 Å². The number of rotatable bonds is 5. The number of hydrogen-bond donors (Lipinski definition) is 3. The molecule has 3 N–H and O–H groups in total. The van der Waals surface area contributed by atoms with E-state index in [1.54, 1.807) is 0 Å². The molecule has 0 aliphatic heterocycles. The van der Waals surface area contributed by atoms with E-state index in [0.29, 0.717) is 22.3 Å². The molecule has 3 rings (SSSR count). The first kappa shape index (κ1) is 21.5. The maximum atomic E-state index is 11.9. The number of aryl methyl sites for hydroxylation is 1. The summed E-state index contributed by atoms with van der Waals surface area (Å²) in [6.07, 6.45) is 0. The molecule has 0 bridgehead atoms.